The summed E-state index contributed by atoms with van der Waals surface area (Å²) >= 11 is 0. The van der Waals surface area contributed by atoms with Crippen LogP contribution in [0.5, 0.6) is 11.5 Å². The summed E-state index contributed by atoms with van der Waals surface area (Å²) in [4.78, 5) is 0. The van der Waals surface area contributed by atoms with Crippen LogP contribution in [-0.4, -0.2) is 6.54 Å². The lowest BCUT2D eigenvalue weighted by Crippen LogP contribution is -2.12. The molecule has 0 saturated heterocycles. The van der Waals surface area contributed by atoms with Crippen molar-refractivity contribution in [3.05, 3.63) is 59.2 Å². The van der Waals surface area contributed by atoms with Crippen molar-refractivity contribution >= 4 is 0 Å². The van der Waals surface area contributed by atoms with Crippen LogP contribution in [0.3, 0.4) is 0 Å². The monoisotopic (exact) mass is 269 g/mol. The number of nitrogens with one attached hydrogen (secondary N) is 1. The fraction of sp³-hybridized carbons (Fsp3) is 0.333. The van der Waals surface area contributed by atoms with E-state index in [1.807, 2.05) is 18.2 Å². The highest BCUT2D eigenvalue weighted by Gasteiger charge is 2.02. The molecule has 0 aliphatic rings. The summed E-state index contributed by atoms with van der Waals surface area (Å²) in [6.45, 7) is 8.30. The van der Waals surface area contributed by atoms with E-state index in [2.05, 4.69) is 50.4 Å². The van der Waals surface area contributed by atoms with Crippen LogP contribution < -0.4 is 10.1 Å². The fourth-order valence-corrected chi connectivity index (χ4v) is 2.12. The molecule has 2 nitrogen and oxygen atoms in total. The van der Waals surface area contributed by atoms with Gasteiger partial charge in [-0.25, -0.2) is 0 Å². The van der Waals surface area contributed by atoms with Gasteiger partial charge in [0.15, 0.2) is 0 Å². The van der Waals surface area contributed by atoms with Gasteiger partial charge < -0.3 is 10.1 Å². The lowest BCUT2D eigenvalue weighted by atomic mass is 10.1. The van der Waals surface area contributed by atoms with Crippen molar-refractivity contribution in [1.29, 1.82) is 0 Å². The summed E-state index contributed by atoms with van der Waals surface area (Å²) < 4.78 is 5.90. The first-order valence-electron chi connectivity index (χ1n) is 7.30. The van der Waals surface area contributed by atoms with E-state index < -0.39 is 0 Å². The molecule has 1 N–H and O–H groups in total. The molecule has 0 bridgehead atoms. The van der Waals surface area contributed by atoms with Gasteiger partial charge in [-0.3, -0.25) is 0 Å². The third-order valence-corrected chi connectivity index (χ3v) is 3.45. The SMILES string of the molecule is CCNCc1ccc(Oc2ccc(CC)cc2)cc1C. The van der Waals surface area contributed by atoms with E-state index in [0.29, 0.717) is 0 Å². The first kappa shape index (κ1) is 14.6. The lowest BCUT2D eigenvalue weighted by molar-refractivity contribution is 0.481. The zero-order valence-electron chi connectivity index (χ0n) is 12.6. The van der Waals surface area contributed by atoms with Gasteiger partial charge in [-0.2, -0.15) is 0 Å². The van der Waals surface area contributed by atoms with Gasteiger partial charge >= 0.3 is 0 Å². The largest absolute Gasteiger partial charge is 0.457 e. The second-order valence-corrected chi connectivity index (χ2v) is 4.97. The van der Waals surface area contributed by atoms with E-state index in [1.54, 1.807) is 0 Å². The number of benzene rings is 2. The van der Waals surface area contributed by atoms with Crippen LogP contribution in [0.2, 0.25) is 0 Å². The van der Waals surface area contributed by atoms with E-state index >= 15 is 0 Å². The maximum Gasteiger partial charge on any atom is 0.127 e. The smallest absolute Gasteiger partial charge is 0.127 e. The Balaban J connectivity index is 2.07. The highest BCUT2D eigenvalue weighted by Crippen LogP contribution is 2.24. The van der Waals surface area contributed by atoms with Crippen LogP contribution >= 0.6 is 0 Å². The van der Waals surface area contributed by atoms with E-state index in [4.69, 9.17) is 4.74 Å². The van der Waals surface area contributed by atoms with Crippen molar-refractivity contribution in [3.63, 3.8) is 0 Å². The Morgan fingerprint density at radius 1 is 0.950 bits per heavy atom. The van der Waals surface area contributed by atoms with Crippen LogP contribution in [-0.2, 0) is 13.0 Å². The molecular formula is C18H23NO. The van der Waals surface area contributed by atoms with Gasteiger partial charge in [0.05, 0.1) is 0 Å². The number of hydrogen-bond acceptors (Lipinski definition) is 2. The van der Waals surface area contributed by atoms with Gasteiger partial charge in [-0.05, 0) is 60.8 Å². The van der Waals surface area contributed by atoms with Crippen molar-refractivity contribution in [3.8, 4) is 11.5 Å². The summed E-state index contributed by atoms with van der Waals surface area (Å²) in [5.41, 5.74) is 3.91. The molecule has 0 heterocycles. The molecule has 0 atom stereocenters. The Morgan fingerprint density at radius 2 is 1.65 bits per heavy atom. The minimum atomic E-state index is 0.890. The molecule has 0 saturated carbocycles. The van der Waals surface area contributed by atoms with Crippen molar-refractivity contribution < 1.29 is 4.74 Å². The van der Waals surface area contributed by atoms with Crippen LogP contribution in [0.4, 0.5) is 0 Å². The summed E-state index contributed by atoms with van der Waals surface area (Å²) in [6, 6.07) is 14.5. The quantitative estimate of drug-likeness (QED) is 0.836. The Labute approximate surface area is 121 Å². The molecule has 0 amide bonds. The summed E-state index contributed by atoms with van der Waals surface area (Å²) in [5.74, 6) is 1.79. The molecule has 20 heavy (non-hydrogen) atoms. The standard InChI is InChI=1S/C18H23NO/c1-4-15-6-9-17(10-7-15)20-18-11-8-16(13-19-5-2)14(3)12-18/h6-12,19H,4-5,13H2,1-3H3. The molecule has 2 rings (SSSR count). The number of rotatable bonds is 6. The molecule has 0 fully saturated rings. The van der Waals surface area contributed by atoms with E-state index in [1.165, 1.54) is 16.7 Å². The molecule has 0 aliphatic carbocycles. The summed E-state index contributed by atoms with van der Waals surface area (Å²) in [6.07, 6.45) is 1.05. The Morgan fingerprint density at radius 3 is 2.25 bits per heavy atom. The van der Waals surface area contributed by atoms with Crippen molar-refractivity contribution in [2.24, 2.45) is 0 Å². The van der Waals surface area contributed by atoms with Crippen LogP contribution in [0.15, 0.2) is 42.5 Å². The highest BCUT2D eigenvalue weighted by atomic mass is 16.5. The van der Waals surface area contributed by atoms with Crippen molar-refractivity contribution in [1.82, 2.24) is 5.32 Å². The predicted octanol–water partition coefficient (Wildman–Crippen LogP) is 4.46. The maximum absolute atomic E-state index is 5.90. The van der Waals surface area contributed by atoms with E-state index in [0.717, 1.165) is 31.0 Å². The van der Waals surface area contributed by atoms with Gasteiger partial charge in [0, 0.05) is 6.54 Å². The summed E-state index contributed by atoms with van der Waals surface area (Å²) in [5, 5.41) is 3.35. The van der Waals surface area contributed by atoms with Crippen molar-refractivity contribution in [2.45, 2.75) is 33.7 Å². The topological polar surface area (TPSA) is 21.3 Å². The van der Waals surface area contributed by atoms with Gasteiger partial charge in [0.1, 0.15) is 11.5 Å². The third kappa shape index (κ3) is 3.84. The van der Waals surface area contributed by atoms with Gasteiger partial charge in [-0.15, -0.1) is 0 Å². The molecule has 0 aliphatic heterocycles. The first-order valence-corrected chi connectivity index (χ1v) is 7.30. The maximum atomic E-state index is 5.90. The Kier molecular flexibility index (Phi) is 5.19. The predicted molar refractivity (Wildman–Crippen MR) is 84.5 cm³/mol. The molecular weight excluding hydrogens is 246 g/mol. The highest BCUT2D eigenvalue weighted by molar-refractivity contribution is 5.38. The van der Waals surface area contributed by atoms with E-state index in [9.17, 15) is 0 Å². The molecule has 0 radical (unpaired) electrons. The van der Waals surface area contributed by atoms with Crippen LogP contribution in [0.25, 0.3) is 0 Å². The lowest BCUT2D eigenvalue weighted by Gasteiger charge is -2.10. The Bertz CT molecular complexity index is 546. The number of ether oxygens (including phenoxy) is 1. The van der Waals surface area contributed by atoms with Gasteiger partial charge in [0.25, 0.3) is 0 Å². The zero-order valence-corrected chi connectivity index (χ0v) is 12.6. The van der Waals surface area contributed by atoms with Crippen LogP contribution in [0.1, 0.15) is 30.5 Å². The average molecular weight is 269 g/mol. The zero-order chi connectivity index (χ0) is 14.4. The number of hydrogen-bond donors (Lipinski definition) is 1. The van der Waals surface area contributed by atoms with Crippen molar-refractivity contribution in [2.75, 3.05) is 6.54 Å². The van der Waals surface area contributed by atoms with Gasteiger partial charge in [0.2, 0.25) is 0 Å². The van der Waals surface area contributed by atoms with Gasteiger partial charge in [-0.1, -0.05) is 32.0 Å². The molecule has 2 heteroatoms. The summed E-state index contributed by atoms with van der Waals surface area (Å²) in [7, 11) is 0. The molecule has 0 spiro atoms. The minimum Gasteiger partial charge on any atom is -0.457 e. The molecule has 2 aromatic carbocycles. The minimum absolute atomic E-state index is 0.890. The third-order valence-electron chi connectivity index (χ3n) is 3.45. The van der Waals surface area contributed by atoms with E-state index in [-0.39, 0.29) is 0 Å². The fourth-order valence-electron chi connectivity index (χ4n) is 2.12. The molecule has 0 aromatic heterocycles. The Hall–Kier alpha value is -1.80. The second-order valence-electron chi connectivity index (χ2n) is 4.97. The normalized spacial score (nSPS) is 10.6. The first-order chi connectivity index (χ1) is 9.72. The second kappa shape index (κ2) is 7.11. The molecule has 106 valence electrons. The number of aryl methyl sites for hydroxylation is 2. The molecule has 2 aromatic rings. The van der Waals surface area contributed by atoms with Crippen LogP contribution in [0, 0.1) is 6.92 Å². The average Bonchev–Trinajstić information content (AvgIpc) is 2.47. The molecule has 0 unspecified atom stereocenters.